The largest absolute Gasteiger partial charge is 0.496 e. The zero-order valence-electron chi connectivity index (χ0n) is 16.0. The van der Waals surface area contributed by atoms with Crippen molar-refractivity contribution in [3.63, 3.8) is 0 Å². The molecule has 0 N–H and O–H groups in total. The molecule has 5 aromatic rings. The fraction of sp³-hybridized carbons (Fsp3) is 0.0800. The third-order valence-corrected chi connectivity index (χ3v) is 5.33. The van der Waals surface area contributed by atoms with E-state index in [0.717, 1.165) is 22.5 Å². The highest BCUT2D eigenvalue weighted by Gasteiger charge is 2.24. The van der Waals surface area contributed by atoms with E-state index in [0.29, 0.717) is 0 Å². The van der Waals surface area contributed by atoms with Crippen molar-refractivity contribution in [1.82, 2.24) is 4.40 Å². The fourth-order valence-corrected chi connectivity index (χ4v) is 4.06. The quantitative estimate of drug-likeness (QED) is 0.399. The number of methoxy groups -OCH3 is 1. The van der Waals surface area contributed by atoms with E-state index >= 15 is 0 Å². The topological polar surface area (TPSA) is 17.5 Å². The summed E-state index contributed by atoms with van der Waals surface area (Å²) < 4.78 is 10.2. The van der Waals surface area contributed by atoms with Gasteiger partial charge in [0.1, 0.15) is 11.4 Å². The maximum Gasteiger partial charge on any atom is 0.249 e. The zero-order valence-corrected chi connectivity index (χ0v) is 16.0. The molecule has 2 heterocycles. The SMILES string of the molecule is COc1ccc2ccccc2c1-c1c2cccc(-c3ccccc3)n2c[n+]1C. The van der Waals surface area contributed by atoms with Crippen LogP contribution >= 0.6 is 0 Å². The molecular formula is C25H21N2O+. The van der Waals surface area contributed by atoms with Gasteiger partial charge in [0, 0.05) is 5.56 Å². The van der Waals surface area contributed by atoms with Gasteiger partial charge in [-0.15, -0.1) is 0 Å². The van der Waals surface area contributed by atoms with Crippen LogP contribution in [0.1, 0.15) is 0 Å². The Bertz CT molecular complexity index is 1300. The Morgan fingerprint density at radius 3 is 2.39 bits per heavy atom. The molecule has 136 valence electrons. The van der Waals surface area contributed by atoms with E-state index in [9.17, 15) is 0 Å². The standard InChI is InChI=1S/C25H21N2O/c1-26-17-27-21(19-10-4-3-5-11-19)13-8-14-22(27)25(26)24-20-12-7-6-9-18(20)15-16-23(24)28-2/h3-17H,1-2H3/q+1. The molecule has 2 aromatic heterocycles. The van der Waals surface area contributed by atoms with Crippen molar-refractivity contribution < 1.29 is 9.30 Å². The van der Waals surface area contributed by atoms with Crippen molar-refractivity contribution in [3.8, 4) is 28.3 Å². The van der Waals surface area contributed by atoms with E-state index in [4.69, 9.17) is 4.74 Å². The molecule has 0 saturated heterocycles. The fourth-order valence-electron chi connectivity index (χ4n) is 4.06. The summed E-state index contributed by atoms with van der Waals surface area (Å²) in [4.78, 5) is 0. The molecule has 3 heteroatoms. The molecular weight excluding hydrogens is 344 g/mol. The van der Waals surface area contributed by atoms with E-state index in [-0.39, 0.29) is 0 Å². The first-order valence-electron chi connectivity index (χ1n) is 9.39. The molecule has 0 aliphatic heterocycles. The maximum absolute atomic E-state index is 5.77. The molecule has 0 atom stereocenters. The normalized spacial score (nSPS) is 11.2. The number of pyridine rings is 1. The van der Waals surface area contributed by atoms with E-state index in [2.05, 4.69) is 101 Å². The number of hydrogen-bond donors (Lipinski definition) is 0. The monoisotopic (exact) mass is 365 g/mol. The first kappa shape index (κ1) is 16.6. The molecule has 0 aliphatic carbocycles. The van der Waals surface area contributed by atoms with Gasteiger partial charge in [-0.2, -0.15) is 4.40 Å². The molecule has 0 spiro atoms. The number of aromatic nitrogens is 2. The van der Waals surface area contributed by atoms with Crippen LogP contribution in [-0.4, -0.2) is 11.5 Å². The second kappa shape index (κ2) is 6.54. The number of rotatable bonds is 3. The first-order valence-corrected chi connectivity index (χ1v) is 9.39. The minimum atomic E-state index is 0.882. The first-order chi connectivity index (χ1) is 13.8. The lowest BCUT2D eigenvalue weighted by Crippen LogP contribution is -2.27. The summed E-state index contributed by atoms with van der Waals surface area (Å²) in [5.74, 6) is 0.882. The van der Waals surface area contributed by atoms with Crippen LogP contribution < -0.4 is 9.30 Å². The number of benzene rings is 3. The van der Waals surface area contributed by atoms with Crippen molar-refractivity contribution in [2.75, 3.05) is 7.11 Å². The number of aryl methyl sites for hydroxylation is 1. The van der Waals surface area contributed by atoms with Gasteiger partial charge in [-0.1, -0.05) is 66.7 Å². The van der Waals surface area contributed by atoms with Crippen LogP contribution in [0.15, 0.2) is 91.3 Å². The maximum atomic E-state index is 5.77. The zero-order chi connectivity index (χ0) is 19.1. The van der Waals surface area contributed by atoms with Gasteiger partial charge in [0.15, 0.2) is 11.2 Å². The lowest BCUT2D eigenvalue weighted by Gasteiger charge is -2.10. The van der Waals surface area contributed by atoms with Crippen molar-refractivity contribution in [2.45, 2.75) is 0 Å². The summed E-state index contributed by atoms with van der Waals surface area (Å²) in [7, 11) is 3.83. The van der Waals surface area contributed by atoms with Gasteiger partial charge in [-0.25, -0.2) is 4.57 Å². The predicted molar refractivity (Wildman–Crippen MR) is 114 cm³/mol. The Labute approximate surface area is 164 Å². The average Bonchev–Trinajstić information content (AvgIpc) is 3.09. The second-order valence-electron chi connectivity index (χ2n) is 6.97. The molecule has 0 aliphatic rings. The Kier molecular flexibility index (Phi) is 3.87. The summed E-state index contributed by atoms with van der Waals surface area (Å²) in [5, 5.41) is 2.40. The molecule has 5 rings (SSSR count). The van der Waals surface area contributed by atoms with Gasteiger partial charge in [0.2, 0.25) is 6.33 Å². The van der Waals surface area contributed by atoms with E-state index in [1.165, 1.54) is 22.0 Å². The van der Waals surface area contributed by atoms with Crippen LogP contribution in [0.3, 0.4) is 0 Å². The highest BCUT2D eigenvalue weighted by Crippen LogP contribution is 2.38. The van der Waals surface area contributed by atoms with Crippen LogP contribution in [-0.2, 0) is 7.05 Å². The van der Waals surface area contributed by atoms with Gasteiger partial charge in [-0.3, -0.25) is 0 Å². The highest BCUT2D eigenvalue weighted by molar-refractivity contribution is 6.01. The van der Waals surface area contributed by atoms with Crippen LogP contribution in [0, 0.1) is 0 Å². The number of imidazole rings is 1. The summed E-state index contributed by atoms with van der Waals surface area (Å²) in [5.41, 5.74) is 5.78. The molecule has 3 nitrogen and oxygen atoms in total. The molecule has 0 radical (unpaired) electrons. The van der Waals surface area contributed by atoms with Crippen LogP contribution in [0.2, 0.25) is 0 Å². The van der Waals surface area contributed by atoms with Crippen LogP contribution in [0.25, 0.3) is 38.8 Å². The Balaban J connectivity index is 1.87. The molecule has 0 saturated carbocycles. The van der Waals surface area contributed by atoms with E-state index < -0.39 is 0 Å². The number of ether oxygens (including phenoxy) is 1. The highest BCUT2D eigenvalue weighted by atomic mass is 16.5. The van der Waals surface area contributed by atoms with E-state index in [1.807, 2.05) is 6.07 Å². The molecule has 0 amide bonds. The Hall–Kier alpha value is -3.59. The van der Waals surface area contributed by atoms with Gasteiger partial charge >= 0.3 is 0 Å². The number of fused-ring (bicyclic) bond motifs is 2. The molecule has 0 unspecified atom stereocenters. The minimum absolute atomic E-state index is 0.882. The molecule has 3 aromatic carbocycles. The average molecular weight is 365 g/mol. The van der Waals surface area contributed by atoms with Gasteiger partial charge in [0.25, 0.3) is 0 Å². The summed E-state index contributed by atoms with van der Waals surface area (Å²) >= 11 is 0. The van der Waals surface area contributed by atoms with Crippen molar-refractivity contribution >= 4 is 16.3 Å². The Morgan fingerprint density at radius 2 is 1.57 bits per heavy atom. The van der Waals surface area contributed by atoms with Crippen molar-refractivity contribution in [3.05, 3.63) is 91.3 Å². The van der Waals surface area contributed by atoms with Gasteiger partial charge < -0.3 is 4.74 Å². The third kappa shape index (κ3) is 2.48. The summed E-state index contributed by atoms with van der Waals surface area (Å²) in [6, 6.07) is 29.6. The minimum Gasteiger partial charge on any atom is -0.496 e. The van der Waals surface area contributed by atoms with E-state index in [1.54, 1.807) is 7.11 Å². The molecule has 0 fully saturated rings. The third-order valence-electron chi connectivity index (χ3n) is 5.33. The van der Waals surface area contributed by atoms with Gasteiger partial charge in [0.05, 0.1) is 19.7 Å². The lowest BCUT2D eigenvalue weighted by molar-refractivity contribution is -0.659. The summed E-state index contributed by atoms with van der Waals surface area (Å²) in [6.07, 6.45) is 2.15. The van der Waals surface area contributed by atoms with Crippen LogP contribution in [0.4, 0.5) is 0 Å². The lowest BCUT2D eigenvalue weighted by atomic mass is 10.00. The number of nitrogens with zero attached hydrogens (tertiary/aromatic N) is 2. The molecule has 0 bridgehead atoms. The van der Waals surface area contributed by atoms with Crippen molar-refractivity contribution in [2.24, 2.45) is 7.05 Å². The second-order valence-corrected chi connectivity index (χ2v) is 6.97. The van der Waals surface area contributed by atoms with Gasteiger partial charge in [-0.05, 0) is 29.0 Å². The Morgan fingerprint density at radius 1 is 0.786 bits per heavy atom. The summed E-state index contributed by atoms with van der Waals surface area (Å²) in [6.45, 7) is 0. The van der Waals surface area contributed by atoms with Crippen molar-refractivity contribution in [1.29, 1.82) is 0 Å². The smallest absolute Gasteiger partial charge is 0.249 e. The van der Waals surface area contributed by atoms with Crippen LogP contribution in [0.5, 0.6) is 5.75 Å². The molecule has 28 heavy (non-hydrogen) atoms. The number of hydrogen-bond acceptors (Lipinski definition) is 1. The predicted octanol–water partition coefficient (Wildman–Crippen LogP) is 5.26.